The number of nitrogens with zero attached hydrogens (tertiary/aromatic N) is 1. The minimum Gasteiger partial charge on any atom is -0.493 e. The molecule has 2 aromatic carbocycles. The van der Waals surface area contributed by atoms with Gasteiger partial charge in [0.1, 0.15) is 6.61 Å². The van der Waals surface area contributed by atoms with Gasteiger partial charge in [0.05, 0.1) is 23.9 Å². The summed E-state index contributed by atoms with van der Waals surface area (Å²) in [5.41, 5.74) is 1.88. The first kappa shape index (κ1) is 19.7. The minimum atomic E-state index is -4.49. The highest BCUT2D eigenvalue weighted by Crippen LogP contribution is 2.31. The number of anilines is 1. The molecule has 1 N–H and O–H groups in total. The molecule has 0 aliphatic heterocycles. The van der Waals surface area contributed by atoms with Gasteiger partial charge in [-0.25, -0.2) is 4.98 Å². The molecule has 0 aliphatic rings. The van der Waals surface area contributed by atoms with Gasteiger partial charge < -0.3 is 14.8 Å². The monoisotopic (exact) mass is 408 g/mol. The molecule has 0 unspecified atom stereocenters. The van der Waals surface area contributed by atoms with Crippen LogP contribution in [0.25, 0.3) is 0 Å². The normalized spacial score (nSPS) is 11.1. The van der Waals surface area contributed by atoms with Crippen molar-refractivity contribution in [3.05, 3.63) is 70.2 Å². The zero-order valence-corrected chi connectivity index (χ0v) is 15.4. The Morgan fingerprint density at radius 3 is 2.68 bits per heavy atom. The molecule has 3 rings (SSSR count). The lowest BCUT2D eigenvalue weighted by Gasteiger charge is -2.12. The highest BCUT2D eigenvalue weighted by molar-refractivity contribution is 7.07. The molecular weight excluding hydrogens is 393 g/mol. The summed E-state index contributed by atoms with van der Waals surface area (Å²) >= 11 is 1.45. The Morgan fingerprint density at radius 1 is 1.18 bits per heavy atom. The van der Waals surface area contributed by atoms with E-state index >= 15 is 0 Å². The van der Waals surface area contributed by atoms with E-state index in [0.29, 0.717) is 11.5 Å². The smallest absolute Gasteiger partial charge is 0.416 e. The minimum absolute atomic E-state index is 0.0441. The highest BCUT2D eigenvalue weighted by atomic mass is 32.1. The van der Waals surface area contributed by atoms with Crippen LogP contribution in [-0.4, -0.2) is 18.0 Å². The fourth-order valence-corrected chi connectivity index (χ4v) is 2.91. The van der Waals surface area contributed by atoms with Crippen molar-refractivity contribution in [2.24, 2.45) is 0 Å². The number of nitrogens with one attached hydrogen (secondary N) is 1. The second kappa shape index (κ2) is 8.30. The summed E-state index contributed by atoms with van der Waals surface area (Å²) in [4.78, 5) is 16.5. The van der Waals surface area contributed by atoms with Gasteiger partial charge in [-0.1, -0.05) is 6.07 Å². The van der Waals surface area contributed by atoms with Gasteiger partial charge in [-0.3, -0.25) is 4.79 Å². The van der Waals surface area contributed by atoms with E-state index < -0.39 is 17.6 Å². The summed E-state index contributed by atoms with van der Waals surface area (Å²) in [7, 11) is 1.43. The molecule has 0 aliphatic carbocycles. The molecule has 5 nitrogen and oxygen atoms in total. The number of ether oxygens (including phenoxy) is 2. The van der Waals surface area contributed by atoms with Crippen LogP contribution >= 0.6 is 11.3 Å². The molecule has 0 fully saturated rings. The number of amides is 1. The van der Waals surface area contributed by atoms with Gasteiger partial charge in [-0.15, -0.1) is 11.3 Å². The van der Waals surface area contributed by atoms with Crippen molar-refractivity contribution < 1.29 is 27.4 Å². The second-order valence-electron chi connectivity index (χ2n) is 5.67. The van der Waals surface area contributed by atoms with Crippen LogP contribution in [0, 0.1) is 0 Å². The predicted molar refractivity (Wildman–Crippen MR) is 98.8 cm³/mol. The van der Waals surface area contributed by atoms with Crippen molar-refractivity contribution >= 4 is 22.9 Å². The molecule has 146 valence electrons. The van der Waals surface area contributed by atoms with E-state index in [1.807, 2.05) is 5.38 Å². The summed E-state index contributed by atoms with van der Waals surface area (Å²) in [5, 5.41) is 4.30. The zero-order chi connectivity index (χ0) is 20.1. The van der Waals surface area contributed by atoms with Crippen LogP contribution in [-0.2, 0) is 12.8 Å². The highest BCUT2D eigenvalue weighted by Gasteiger charge is 2.30. The van der Waals surface area contributed by atoms with Gasteiger partial charge in [-0.05, 0) is 36.4 Å². The number of aromatic nitrogens is 1. The quantitative estimate of drug-likeness (QED) is 0.624. The van der Waals surface area contributed by atoms with Crippen LogP contribution in [0.3, 0.4) is 0 Å². The van der Waals surface area contributed by atoms with Crippen molar-refractivity contribution in [2.75, 3.05) is 12.4 Å². The van der Waals surface area contributed by atoms with Crippen molar-refractivity contribution in [2.45, 2.75) is 12.8 Å². The van der Waals surface area contributed by atoms with Crippen molar-refractivity contribution in [1.29, 1.82) is 0 Å². The lowest BCUT2D eigenvalue weighted by atomic mass is 10.1. The first-order valence-corrected chi connectivity index (χ1v) is 8.97. The molecule has 1 heterocycles. The van der Waals surface area contributed by atoms with Crippen LogP contribution in [0.5, 0.6) is 11.5 Å². The van der Waals surface area contributed by atoms with Gasteiger partial charge >= 0.3 is 6.18 Å². The topological polar surface area (TPSA) is 60.5 Å². The van der Waals surface area contributed by atoms with Crippen LogP contribution in [0.1, 0.15) is 21.6 Å². The summed E-state index contributed by atoms with van der Waals surface area (Å²) in [6, 6.07) is 8.95. The maximum absolute atomic E-state index is 12.8. The molecule has 1 aromatic heterocycles. The average molecular weight is 408 g/mol. The number of benzene rings is 2. The van der Waals surface area contributed by atoms with E-state index in [0.717, 1.165) is 17.8 Å². The number of methoxy groups -OCH3 is 1. The number of rotatable bonds is 6. The molecule has 0 bridgehead atoms. The fraction of sp³-hybridized carbons (Fsp3) is 0.158. The van der Waals surface area contributed by atoms with Crippen LogP contribution < -0.4 is 14.8 Å². The summed E-state index contributed by atoms with van der Waals surface area (Å²) in [6.45, 7) is 0.246. The molecule has 0 saturated heterocycles. The summed E-state index contributed by atoms with van der Waals surface area (Å²) in [5.74, 6) is 0.182. The number of thiazole rings is 1. The first-order valence-electron chi connectivity index (χ1n) is 8.03. The van der Waals surface area contributed by atoms with Gasteiger partial charge in [-0.2, -0.15) is 13.2 Å². The maximum atomic E-state index is 12.8. The van der Waals surface area contributed by atoms with E-state index in [9.17, 15) is 18.0 Å². The number of hydrogen-bond acceptors (Lipinski definition) is 5. The number of hydrogen-bond donors (Lipinski definition) is 1. The van der Waals surface area contributed by atoms with Gasteiger partial charge in [0.2, 0.25) is 0 Å². The number of carbonyl (C=O) groups is 1. The van der Waals surface area contributed by atoms with Crippen LogP contribution in [0.15, 0.2) is 53.4 Å². The van der Waals surface area contributed by atoms with Crippen molar-refractivity contribution in [3.63, 3.8) is 0 Å². The Morgan fingerprint density at radius 2 is 2.00 bits per heavy atom. The molecule has 1 amide bonds. The number of alkyl halides is 3. The van der Waals surface area contributed by atoms with Gasteiger partial charge in [0.15, 0.2) is 11.5 Å². The molecule has 28 heavy (non-hydrogen) atoms. The predicted octanol–water partition coefficient (Wildman–Crippen LogP) is 5.00. The van der Waals surface area contributed by atoms with E-state index in [2.05, 4.69) is 10.3 Å². The summed E-state index contributed by atoms with van der Waals surface area (Å²) in [6.07, 6.45) is -4.49. The third-order valence-electron chi connectivity index (χ3n) is 3.73. The van der Waals surface area contributed by atoms with Crippen LogP contribution in [0.2, 0.25) is 0 Å². The largest absolute Gasteiger partial charge is 0.493 e. The average Bonchev–Trinajstić information content (AvgIpc) is 3.19. The third-order valence-corrected chi connectivity index (χ3v) is 4.37. The van der Waals surface area contributed by atoms with E-state index in [1.54, 1.807) is 11.6 Å². The molecule has 9 heteroatoms. The SMILES string of the molecule is COc1cc(C(=O)Nc2cccc(C(F)(F)F)c2)ccc1OCc1cscn1. The summed E-state index contributed by atoms with van der Waals surface area (Å²) < 4.78 is 49.3. The van der Waals surface area contributed by atoms with Crippen molar-refractivity contribution in [1.82, 2.24) is 4.98 Å². The standard InChI is InChI=1S/C19H15F3N2O3S/c1-26-17-7-12(5-6-16(17)27-9-15-10-28-11-23-15)18(25)24-14-4-2-3-13(8-14)19(20,21)22/h2-8,10-11H,9H2,1H3,(H,24,25). The molecule has 3 aromatic rings. The molecular formula is C19H15F3N2O3S. The van der Waals surface area contributed by atoms with E-state index in [-0.39, 0.29) is 17.9 Å². The Kier molecular flexibility index (Phi) is 5.84. The first-order chi connectivity index (χ1) is 13.4. The Balaban J connectivity index is 1.73. The third kappa shape index (κ3) is 4.80. The van der Waals surface area contributed by atoms with Crippen LogP contribution in [0.4, 0.5) is 18.9 Å². The van der Waals surface area contributed by atoms with Crippen molar-refractivity contribution in [3.8, 4) is 11.5 Å². The maximum Gasteiger partial charge on any atom is 0.416 e. The Bertz CT molecular complexity index is 959. The fourth-order valence-electron chi connectivity index (χ4n) is 2.37. The van der Waals surface area contributed by atoms with E-state index in [4.69, 9.17) is 9.47 Å². The number of carbonyl (C=O) groups excluding carboxylic acids is 1. The molecule has 0 spiro atoms. The lowest BCUT2D eigenvalue weighted by molar-refractivity contribution is -0.137. The zero-order valence-electron chi connectivity index (χ0n) is 14.6. The Labute approximate surface area is 162 Å². The second-order valence-corrected chi connectivity index (χ2v) is 6.39. The van der Waals surface area contributed by atoms with E-state index in [1.165, 1.54) is 42.7 Å². The molecule has 0 saturated carbocycles. The molecule has 0 atom stereocenters. The number of halogens is 3. The Hall–Kier alpha value is -3.07. The van der Waals surface area contributed by atoms with Gasteiger partial charge in [0, 0.05) is 16.6 Å². The lowest BCUT2D eigenvalue weighted by Crippen LogP contribution is -2.13. The van der Waals surface area contributed by atoms with Gasteiger partial charge in [0.25, 0.3) is 5.91 Å². The molecule has 0 radical (unpaired) electrons.